The molecule has 0 N–H and O–H groups in total. The lowest BCUT2D eigenvalue weighted by molar-refractivity contribution is 0.292. The normalized spacial score (nSPS) is 28.9. The molecule has 3 atom stereocenters. The Morgan fingerprint density at radius 3 is 2.41 bits per heavy atom. The van der Waals surface area contributed by atoms with Gasteiger partial charge in [-0.25, -0.2) is 8.78 Å². The van der Waals surface area contributed by atoms with Gasteiger partial charge in [-0.05, 0) is 50.4 Å². The molecule has 3 heteroatoms. The van der Waals surface area contributed by atoms with Crippen LogP contribution in [0.25, 0.3) is 0 Å². The zero-order valence-corrected chi connectivity index (χ0v) is 10.6. The lowest BCUT2D eigenvalue weighted by Crippen LogP contribution is -2.24. The van der Waals surface area contributed by atoms with Crippen molar-refractivity contribution in [3.05, 3.63) is 35.4 Å². The molecule has 0 heterocycles. The van der Waals surface area contributed by atoms with E-state index in [1.807, 2.05) is 0 Å². The van der Waals surface area contributed by atoms with Gasteiger partial charge in [0.25, 0.3) is 0 Å². The molecule has 1 saturated carbocycles. The van der Waals surface area contributed by atoms with E-state index in [2.05, 4.69) is 25.9 Å². The number of halogens is 2. The summed E-state index contributed by atoms with van der Waals surface area (Å²) < 4.78 is 26.6. The van der Waals surface area contributed by atoms with Gasteiger partial charge in [-0.2, -0.15) is 0 Å². The molecule has 0 spiro atoms. The Labute approximate surface area is 101 Å². The second-order valence-corrected chi connectivity index (χ2v) is 5.34. The third kappa shape index (κ3) is 2.49. The van der Waals surface area contributed by atoms with Crippen LogP contribution in [-0.2, 0) is 0 Å². The topological polar surface area (TPSA) is 3.24 Å². The predicted molar refractivity (Wildman–Crippen MR) is 65.0 cm³/mol. The summed E-state index contributed by atoms with van der Waals surface area (Å²) in [5.74, 6) is -0.243. The molecule has 1 aliphatic rings. The van der Waals surface area contributed by atoms with E-state index in [1.54, 1.807) is 6.07 Å². The second-order valence-electron chi connectivity index (χ2n) is 5.34. The number of rotatable bonds is 2. The van der Waals surface area contributed by atoms with Gasteiger partial charge in [-0.1, -0.05) is 13.0 Å². The third-order valence-electron chi connectivity index (χ3n) is 3.95. The van der Waals surface area contributed by atoms with Gasteiger partial charge >= 0.3 is 0 Å². The largest absolute Gasteiger partial charge is 0.306 e. The van der Waals surface area contributed by atoms with Crippen molar-refractivity contribution < 1.29 is 8.78 Å². The third-order valence-corrected chi connectivity index (χ3v) is 3.95. The monoisotopic (exact) mass is 239 g/mol. The summed E-state index contributed by atoms with van der Waals surface area (Å²) in [5, 5.41) is 0. The Kier molecular flexibility index (Phi) is 3.48. The molecule has 1 aromatic rings. The average Bonchev–Trinajstić information content (AvgIpc) is 2.61. The molecule has 1 unspecified atom stereocenters. The number of hydrogen-bond donors (Lipinski definition) is 0. The molecule has 1 aromatic carbocycles. The minimum Gasteiger partial charge on any atom is -0.306 e. The molecule has 0 aliphatic heterocycles. The molecule has 94 valence electrons. The minimum absolute atomic E-state index is 0.211. The molecular weight excluding hydrogens is 220 g/mol. The first-order chi connectivity index (χ1) is 7.99. The van der Waals surface area contributed by atoms with Crippen LogP contribution in [0.15, 0.2) is 18.2 Å². The number of hydrogen-bond acceptors (Lipinski definition) is 1. The van der Waals surface area contributed by atoms with Crippen LogP contribution in [0, 0.1) is 17.6 Å². The summed E-state index contributed by atoms with van der Waals surface area (Å²) in [5.41, 5.74) is 0.670. The van der Waals surface area contributed by atoms with E-state index in [-0.39, 0.29) is 5.92 Å². The van der Waals surface area contributed by atoms with E-state index in [4.69, 9.17) is 0 Å². The Balaban J connectivity index is 2.23. The van der Waals surface area contributed by atoms with E-state index < -0.39 is 11.6 Å². The molecule has 0 aromatic heterocycles. The van der Waals surface area contributed by atoms with E-state index in [0.29, 0.717) is 17.5 Å². The van der Waals surface area contributed by atoms with E-state index in [0.717, 1.165) is 18.9 Å². The summed E-state index contributed by atoms with van der Waals surface area (Å²) in [4.78, 5) is 2.19. The Hall–Kier alpha value is -0.960. The van der Waals surface area contributed by atoms with Crippen LogP contribution < -0.4 is 0 Å². The first-order valence-electron chi connectivity index (χ1n) is 6.10. The van der Waals surface area contributed by atoms with Crippen molar-refractivity contribution in [3.63, 3.8) is 0 Å². The highest BCUT2D eigenvalue weighted by Gasteiger charge is 2.34. The average molecular weight is 239 g/mol. The van der Waals surface area contributed by atoms with Gasteiger partial charge in [0.05, 0.1) is 0 Å². The smallest absolute Gasteiger partial charge is 0.129 e. The van der Waals surface area contributed by atoms with Crippen molar-refractivity contribution in [2.45, 2.75) is 31.7 Å². The molecule has 1 nitrogen and oxygen atoms in total. The Morgan fingerprint density at radius 1 is 1.18 bits per heavy atom. The summed E-state index contributed by atoms with van der Waals surface area (Å²) in [6.07, 6.45) is 2.03. The number of nitrogens with zero attached hydrogens (tertiary/aromatic N) is 1. The number of benzene rings is 1. The van der Waals surface area contributed by atoms with Crippen LogP contribution in [0.3, 0.4) is 0 Å². The first-order valence-corrected chi connectivity index (χ1v) is 6.10. The molecule has 0 radical (unpaired) electrons. The highest BCUT2D eigenvalue weighted by Crippen LogP contribution is 2.41. The maximum atomic E-state index is 13.8. The van der Waals surface area contributed by atoms with Gasteiger partial charge in [0, 0.05) is 12.1 Å². The first kappa shape index (κ1) is 12.5. The van der Waals surface area contributed by atoms with Crippen LogP contribution in [0.5, 0.6) is 0 Å². The highest BCUT2D eigenvalue weighted by molar-refractivity contribution is 5.25. The highest BCUT2D eigenvalue weighted by atomic mass is 19.1. The quantitative estimate of drug-likeness (QED) is 0.764. The fourth-order valence-electron chi connectivity index (χ4n) is 2.87. The van der Waals surface area contributed by atoms with Gasteiger partial charge in [0.15, 0.2) is 0 Å². The summed E-state index contributed by atoms with van der Waals surface area (Å²) in [6, 6.07) is 4.45. The van der Waals surface area contributed by atoms with E-state index >= 15 is 0 Å². The zero-order chi connectivity index (χ0) is 12.6. The maximum absolute atomic E-state index is 13.8. The minimum atomic E-state index is -0.499. The van der Waals surface area contributed by atoms with Gasteiger partial charge in [0.1, 0.15) is 11.6 Å². The molecule has 2 rings (SSSR count). The summed E-state index contributed by atoms with van der Waals surface area (Å²) in [6.45, 7) is 2.15. The molecule has 17 heavy (non-hydrogen) atoms. The predicted octanol–water partition coefficient (Wildman–Crippen LogP) is 3.41. The maximum Gasteiger partial charge on any atom is 0.129 e. The van der Waals surface area contributed by atoms with Crippen LogP contribution in [0.4, 0.5) is 8.78 Å². The van der Waals surface area contributed by atoms with Crippen molar-refractivity contribution in [2.75, 3.05) is 14.1 Å². The Bertz CT molecular complexity index is 403. The lowest BCUT2D eigenvalue weighted by Gasteiger charge is -2.19. The van der Waals surface area contributed by atoms with Crippen LogP contribution in [0.1, 0.15) is 31.2 Å². The van der Waals surface area contributed by atoms with Crippen molar-refractivity contribution in [2.24, 2.45) is 5.92 Å². The fraction of sp³-hybridized carbons (Fsp3) is 0.571. The fourth-order valence-corrected chi connectivity index (χ4v) is 2.87. The van der Waals surface area contributed by atoms with Crippen molar-refractivity contribution in [1.82, 2.24) is 4.90 Å². The second kappa shape index (κ2) is 4.73. The summed E-state index contributed by atoms with van der Waals surface area (Å²) >= 11 is 0. The standard InChI is InChI=1S/C14H19F2N/c1-9-6-11(17(2)3)8-13(9)12-5-4-10(15)7-14(12)16/h4-5,7,9,11,13H,6,8H2,1-3H3/t9-,11+,13?/m1/s1. The SMILES string of the molecule is C[C@@H]1C[C@H](N(C)C)CC1c1ccc(F)cc1F. The van der Waals surface area contributed by atoms with E-state index in [9.17, 15) is 8.78 Å². The van der Waals surface area contributed by atoms with Gasteiger partial charge in [0.2, 0.25) is 0 Å². The van der Waals surface area contributed by atoms with Gasteiger partial charge in [-0.15, -0.1) is 0 Å². The van der Waals surface area contributed by atoms with Crippen molar-refractivity contribution in [1.29, 1.82) is 0 Å². The van der Waals surface area contributed by atoms with Crippen LogP contribution in [0.2, 0.25) is 0 Å². The molecule has 1 fully saturated rings. The van der Waals surface area contributed by atoms with Crippen LogP contribution >= 0.6 is 0 Å². The Morgan fingerprint density at radius 2 is 1.88 bits per heavy atom. The van der Waals surface area contributed by atoms with Crippen LogP contribution in [-0.4, -0.2) is 25.0 Å². The van der Waals surface area contributed by atoms with Gasteiger partial charge < -0.3 is 4.90 Å². The van der Waals surface area contributed by atoms with Crippen molar-refractivity contribution in [3.8, 4) is 0 Å². The van der Waals surface area contributed by atoms with Gasteiger partial charge in [-0.3, -0.25) is 0 Å². The molecule has 0 saturated heterocycles. The molecule has 0 bridgehead atoms. The molecule has 0 amide bonds. The zero-order valence-electron chi connectivity index (χ0n) is 10.6. The molecule has 1 aliphatic carbocycles. The van der Waals surface area contributed by atoms with Crippen molar-refractivity contribution >= 4 is 0 Å². The summed E-state index contributed by atoms with van der Waals surface area (Å²) in [7, 11) is 4.11. The molecular formula is C14H19F2N. The van der Waals surface area contributed by atoms with E-state index in [1.165, 1.54) is 6.07 Å². The lowest BCUT2D eigenvalue weighted by atomic mass is 9.90.